The molecule has 0 fully saturated rings. The summed E-state index contributed by atoms with van der Waals surface area (Å²) in [5, 5.41) is 4.27. The van der Waals surface area contributed by atoms with E-state index in [1.54, 1.807) is 6.20 Å². The zero-order chi connectivity index (χ0) is 11.0. The zero-order valence-electron chi connectivity index (χ0n) is 8.34. The minimum atomic E-state index is 0.880. The van der Waals surface area contributed by atoms with Gasteiger partial charge >= 0.3 is 0 Å². The number of benzene rings is 1. The fourth-order valence-electron chi connectivity index (χ4n) is 1.64. The van der Waals surface area contributed by atoms with Crippen LogP contribution in [0, 0.1) is 3.70 Å². The largest absolute Gasteiger partial charge is 0.226 e. The molecule has 0 atom stereocenters. The number of hydrogen-bond donors (Lipinski definition) is 0. The Balaban J connectivity index is 2.29. The Morgan fingerprint density at radius 3 is 2.56 bits per heavy atom. The van der Waals surface area contributed by atoms with Crippen molar-refractivity contribution < 1.29 is 0 Å². The number of aromatic nitrogens is 3. The molecule has 1 aromatic carbocycles. The van der Waals surface area contributed by atoms with Gasteiger partial charge in [-0.25, -0.2) is 9.50 Å². The van der Waals surface area contributed by atoms with Crippen LogP contribution in [0.25, 0.3) is 16.9 Å². The van der Waals surface area contributed by atoms with E-state index in [-0.39, 0.29) is 0 Å². The van der Waals surface area contributed by atoms with Crippen molar-refractivity contribution >= 4 is 28.2 Å². The van der Waals surface area contributed by atoms with Crippen molar-refractivity contribution in [2.45, 2.75) is 0 Å². The van der Waals surface area contributed by atoms with Crippen molar-refractivity contribution in [3.05, 3.63) is 52.4 Å². The van der Waals surface area contributed by atoms with Gasteiger partial charge in [0.15, 0.2) is 5.65 Å². The summed E-state index contributed by atoms with van der Waals surface area (Å²) >= 11 is 2.28. The highest BCUT2D eigenvalue weighted by atomic mass is 127. The fraction of sp³-hybridized carbons (Fsp3) is 0. The lowest BCUT2D eigenvalue weighted by molar-refractivity contribution is 0.914. The Morgan fingerprint density at radius 2 is 1.81 bits per heavy atom. The van der Waals surface area contributed by atoms with Crippen LogP contribution < -0.4 is 0 Å². The first kappa shape index (κ1) is 9.77. The van der Waals surface area contributed by atoms with Crippen LogP contribution in [0.15, 0.2) is 48.7 Å². The number of hydrogen-bond acceptors (Lipinski definition) is 2. The molecule has 0 radical (unpaired) electrons. The minimum Gasteiger partial charge on any atom is -0.226 e. The van der Waals surface area contributed by atoms with E-state index in [2.05, 4.69) is 44.8 Å². The summed E-state index contributed by atoms with van der Waals surface area (Å²) in [6.07, 6.45) is 1.77. The molecule has 0 aliphatic heterocycles. The predicted octanol–water partition coefficient (Wildman–Crippen LogP) is 3.00. The van der Waals surface area contributed by atoms with E-state index in [4.69, 9.17) is 0 Å². The van der Waals surface area contributed by atoms with E-state index in [9.17, 15) is 0 Å². The second kappa shape index (κ2) is 3.86. The van der Waals surface area contributed by atoms with Crippen LogP contribution in [0.2, 0.25) is 0 Å². The van der Waals surface area contributed by atoms with Gasteiger partial charge in [-0.05, 0) is 34.7 Å². The van der Waals surface area contributed by atoms with Gasteiger partial charge in [-0.15, -0.1) is 0 Å². The van der Waals surface area contributed by atoms with Crippen LogP contribution in [0.5, 0.6) is 0 Å². The number of nitrogens with zero attached hydrogens (tertiary/aromatic N) is 3. The summed E-state index contributed by atoms with van der Waals surface area (Å²) in [6.45, 7) is 0. The molecule has 0 aliphatic rings. The maximum Gasteiger partial charge on any atom is 0.155 e. The quantitative estimate of drug-likeness (QED) is 0.645. The lowest BCUT2D eigenvalue weighted by Crippen LogP contribution is -1.91. The molecule has 0 spiro atoms. The molecule has 2 aromatic heterocycles. The third-order valence-electron chi connectivity index (χ3n) is 2.39. The molecule has 3 aromatic rings. The summed E-state index contributed by atoms with van der Waals surface area (Å²) in [7, 11) is 0. The first-order valence-electron chi connectivity index (χ1n) is 4.91. The number of halogens is 1. The fourth-order valence-corrected chi connectivity index (χ4v) is 2.44. The molecule has 16 heavy (non-hydrogen) atoms. The molecule has 0 amide bonds. The molecule has 0 saturated heterocycles. The molecule has 0 saturated carbocycles. The minimum absolute atomic E-state index is 0.880. The van der Waals surface area contributed by atoms with Crippen molar-refractivity contribution in [1.29, 1.82) is 0 Å². The summed E-state index contributed by atoms with van der Waals surface area (Å²) in [6, 6.07) is 14.0. The molecular formula is C12H8IN3. The van der Waals surface area contributed by atoms with Crippen molar-refractivity contribution in [3.63, 3.8) is 0 Å². The van der Waals surface area contributed by atoms with E-state index in [0.29, 0.717) is 0 Å². The Bertz CT molecular complexity index is 631. The first-order valence-corrected chi connectivity index (χ1v) is 5.99. The number of fused-ring (bicyclic) bond motifs is 1. The number of imidazole rings is 1. The van der Waals surface area contributed by atoms with Crippen LogP contribution in [0.3, 0.4) is 0 Å². The van der Waals surface area contributed by atoms with Gasteiger partial charge in [0.05, 0.1) is 0 Å². The molecule has 4 heteroatoms. The summed E-state index contributed by atoms with van der Waals surface area (Å²) < 4.78 is 2.89. The topological polar surface area (TPSA) is 30.2 Å². The van der Waals surface area contributed by atoms with Crippen molar-refractivity contribution in [3.8, 4) is 11.3 Å². The van der Waals surface area contributed by atoms with Gasteiger partial charge < -0.3 is 0 Å². The SMILES string of the molecule is Ic1c(-c2ccccc2)nc2cccnn12. The third-order valence-corrected chi connectivity index (χ3v) is 3.35. The van der Waals surface area contributed by atoms with Gasteiger partial charge in [-0.3, -0.25) is 0 Å². The van der Waals surface area contributed by atoms with Crippen LogP contribution in [0.4, 0.5) is 0 Å². The Labute approximate surface area is 106 Å². The van der Waals surface area contributed by atoms with E-state index in [1.165, 1.54) is 0 Å². The van der Waals surface area contributed by atoms with Gasteiger partial charge in [0.25, 0.3) is 0 Å². The normalized spacial score (nSPS) is 10.8. The molecule has 78 valence electrons. The highest BCUT2D eigenvalue weighted by Crippen LogP contribution is 2.24. The van der Waals surface area contributed by atoms with Crippen molar-refractivity contribution in [2.24, 2.45) is 0 Å². The van der Waals surface area contributed by atoms with E-state index < -0.39 is 0 Å². The third kappa shape index (κ3) is 1.49. The van der Waals surface area contributed by atoms with E-state index >= 15 is 0 Å². The Kier molecular flexibility index (Phi) is 2.36. The lowest BCUT2D eigenvalue weighted by Gasteiger charge is -1.96. The van der Waals surface area contributed by atoms with Gasteiger partial charge in [0, 0.05) is 11.8 Å². The average molecular weight is 321 g/mol. The standard InChI is InChI=1S/C12H8IN3/c13-12-11(9-5-2-1-3-6-9)15-10-7-4-8-14-16(10)12/h1-8H. The van der Waals surface area contributed by atoms with Crippen molar-refractivity contribution in [1.82, 2.24) is 14.6 Å². The lowest BCUT2D eigenvalue weighted by atomic mass is 10.2. The number of rotatable bonds is 1. The zero-order valence-corrected chi connectivity index (χ0v) is 10.5. The molecule has 0 bridgehead atoms. The first-order chi connectivity index (χ1) is 7.86. The molecular weight excluding hydrogens is 313 g/mol. The van der Waals surface area contributed by atoms with Gasteiger partial charge in [0.2, 0.25) is 0 Å². The maximum absolute atomic E-state index is 4.58. The molecule has 0 N–H and O–H groups in total. The molecule has 0 aliphatic carbocycles. The molecule has 3 rings (SSSR count). The monoisotopic (exact) mass is 321 g/mol. The van der Waals surface area contributed by atoms with Crippen molar-refractivity contribution in [2.75, 3.05) is 0 Å². The summed E-state index contributed by atoms with van der Waals surface area (Å²) in [5.41, 5.74) is 2.99. The second-order valence-corrected chi connectivity index (χ2v) is 4.43. The Morgan fingerprint density at radius 1 is 1.00 bits per heavy atom. The predicted molar refractivity (Wildman–Crippen MR) is 71.1 cm³/mol. The smallest absolute Gasteiger partial charge is 0.155 e. The molecule has 0 unspecified atom stereocenters. The summed E-state index contributed by atoms with van der Waals surface area (Å²) in [5.74, 6) is 0. The Hall–Kier alpha value is -1.43. The van der Waals surface area contributed by atoms with E-state index in [0.717, 1.165) is 20.6 Å². The summed E-state index contributed by atoms with van der Waals surface area (Å²) in [4.78, 5) is 4.58. The van der Waals surface area contributed by atoms with Gasteiger partial charge in [-0.1, -0.05) is 30.3 Å². The van der Waals surface area contributed by atoms with Crippen LogP contribution >= 0.6 is 22.6 Å². The molecule has 2 heterocycles. The van der Waals surface area contributed by atoms with Crippen LogP contribution in [-0.2, 0) is 0 Å². The maximum atomic E-state index is 4.58. The van der Waals surface area contributed by atoms with Gasteiger partial charge in [0.1, 0.15) is 9.39 Å². The van der Waals surface area contributed by atoms with Crippen LogP contribution in [-0.4, -0.2) is 14.6 Å². The second-order valence-electron chi connectivity index (χ2n) is 3.41. The van der Waals surface area contributed by atoms with Crippen LogP contribution in [0.1, 0.15) is 0 Å². The highest BCUT2D eigenvalue weighted by Gasteiger charge is 2.11. The highest BCUT2D eigenvalue weighted by molar-refractivity contribution is 14.1. The average Bonchev–Trinajstić information content (AvgIpc) is 2.69. The molecule has 3 nitrogen and oxygen atoms in total. The van der Waals surface area contributed by atoms with Gasteiger partial charge in [-0.2, -0.15) is 5.10 Å². The van der Waals surface area contributed by atoms with E-state index in [1.807, 2.05) is 34.8 Å².